The summed E-state index contributed by atoms with van der Waals surface area (Å²) in [6.45, 7) is 0. The van der Waals surface area contributed by atoms with E-state index in [0.717, 1.165) is 11.0 Å². The molecule has 0 atom stereocenters. The van der Waals surface area contributed by atoms with Gasteiger partial charge < -0.3 is 48.9 Å². The van der Waals surface area contributed by atoms with Crippen LogP contribution >= 0.6 is 0 Å². The van der Waals surface area contributed by atoms with E-state index in [0.29, 0.717) is 139 Å². The van der Waals surface area contributed by atoms with Crippen LogP contribution in [0.1, 0.15) is 22.8 Å². The molecule has 2 aliphatic rings. The molecule has 2 aliphatic heterocycles. The minimum atomic E-state index is -0.0208. The van der Waals surface area contributed by atoms with Crippen molar-refractivity contribution in [1.82, 2.24) is 19.5 Å². The average molecular weight is 999 g/mol. The van der Waals surface area contributed by atoms with Crippen LogP contribution in [0.5, 0.6) is 46.0 Å². The summed E-state index contributed by atoms with van der Waals surface area (Å²) in [4.78, 5) is 14.2. The van der Waals surface area contributed by atoms with Crippen molar-refractivity contribution in [3.05, 3.63) is 174 Å². The molecule has 8 aromatic carbocycles. The van der Waals surface area contributed by atoms with Crippen molar-refractivity contribution in [3.63, 3.8) is 0 Å². The van der Waals surface area contributed by atoms with Crippen LogP contribution in [0, 0.1) is 0 Å². The van der Waals surface area contributed by atoms with Crippen molar-refractivity contribution >= 4 is 89.5 Å². The van der Waals surface area contributed by atoms with Crippen LogP contribution in [-0.2, 0) is 0 Å². The molecular weight excluding hydrogens is 953 g/mol. The third-order valence-electron chi connectivity index (χ3n) is 14.5. The van der Waals surface area contributed by atoms with E-state index in [2.05, 4.69) is 9.55 Å². The van der Waals surface area contributed by atoms with E-state index in [1.165, 1.54) is 0 Å². The Balaban J connectivity index is 1.43. The monoisotopic (exact) mass is 998 g/mol. The molecule has 0 unspecified atom stereocenters. The Morgan fingerprint density at radius 3 is 1.30 bits per heavy atom. The third-order valence-corrected chi connectivity index (χ3v) is 14.5. The maximum absolute atomic E-state index is 12.4. The molecule has 0 saturated carbocycles. The number of methoxy groups -OCH3 is 4. The minimum absolute atomic E-state index is 0.00687. The van der Waals surface area contributed by atoms with Crippen LogP contribution in [0.15, 0.2) is 152 Å². The first-order chi connectivity index (χ1) is 37.2. The second kappa shape index (κ2) is 17.8. The summed E-state index contributed by atoms with van der Waals surface area (Å²) in [5.41, 5.74) is 9.18. The van der Waals surface area contributed by atoms with E-state index in [-0.39, 0.29) is 23.0 Å². The number of phenols is 4. The number of ether oxygens (including phenoxy) is 4. The van der Waals surface area contributed by atoms with E-state index < -0.39 is 0 Å². The number of hydrogen-bond acceptors (Lipinski definition) is 10. The van der Waals surface area contributed by atoms with Gasteiger partial charge in [0.05, 0.1) is 73.3 Å². The third kappa shape index (κ3) is 7.06. The highest BCUT2D eigenvalue weighted by atomic mass is 16.5. The molecule has 370 valence electrons. The van der Waals surface area contributed by atoms with Crippen LogP contribution < -0.4 is 18.9 Å². The van der Waals surface area contributed by atoms with Crippen LogP contribution in [0.25, 0.3) is 129 Å². The van der Waals surface area contributed by atoms with Gasteiger partial charge in [0, 0.05) is 65.4 Å². The summed E-state index contributed by atoms with van der Waals surface area (Å²) in [5.74, 6) is 2.07. The zero-order valence-electron chi connectivity index (χ0n) is 41.5. The Morgan fingerprint density at radius 2 is 0.803 bits per heavy atom. The van der Waals surface area contributed by atoms with Crippen molar-refractivity contribution in [2.45, 2.75) is 0 Å². The van der Waals surface area contributed by atoms with Gasteiger partial charge in [-0.05, 0) is 144 Å². The number of nitrogens with zero attached hydrogens (tertiary/aromatic N) is 3. The topological polar surface area (TPSA) is 164 Å². The van der Waals surface area contributed by atoms with E-state index in [9.17, 15) is 20.4 Å². The number of phenolic OH excluding ortho intramolecular Hbond substituents is 4. The number of H-pyrrole nitrogens is 1. The number of fused-ring (bicyclic) bond motifs is 12. The van der Waals surface area contributed by atoms with E-state index in [1.54, 1.807) is 77.0 Å². The van der Waals surface area contributed by atoms with Crippen LogP contribution in [0.2, 0.25) is 0 Å². The molecule has 0 saturated heterocycles. The summed E-state index contributed by atoms with van der Waals surface area (Å²) in [6, 6.07) is 46.5. The summed E-state index contributed by atoms with van der Waals surface area (Å²) < 4.78 is 26.1. The second-order valence-electron chi connectivity index (χ2n) is 18.6. The van der Waals surface area contributed by atoms with Crippen molar-refractivity contribution in [3.8, 4) is 85.1 Å². The molecule has 0 aliphatic carbocycles. The SMILES string of the molecule is COc1ccc(-c2c(-c3ccc(OC)c4cccc(O)c34)c3c(-c4ccc(OC)c5cccc(O)c45)c4nc(cc5ccc(cc6nc(cc2n3-c2ccc(OC)c3cccc(O)c23)C=C6)[nH]5)C=C4)c2c(O)cccc12. The molecule has 0 fully saturated rings. The fraction of sp³-hybridized carbons (Fsp3) is 0.0625. The average Bonchev–Trinajstić information content (AvgIpc) is 4.44. The number of aromatic amines is 1. The molecule has 5 N–H and O–H groups in total. The molecule has 12 nitrogen and oxygen atoms in total. The Labute approximate surface area is 434 Å². The molecule has 76 heavy (non-hydrogen) atoms. The molecule has 3 aromatic heterocycles. The highest BCUT2D eigenvalue weighted by Crippen LogP contribution is 2.55. The van der Waals surface area contributed by atoms with Crippen LogP contribution in [-0.4, -0.2) is 68.4 Å². The number of rotatable bonds is 8. The zero-order chi connectivity index (χ0) is 51.9. The summed E-state index contributed by atoms with van der Waals surface area (Å²) >= 11 is 0. The van der Waals surface area contributed by atoms with Gasteiger partial charge in [-0.25, -0.2) is 9.97 Å². The lowest BCUT2D eigenvalue weighted by atomic mass is 9.87. The first-order valence-electron chi connectivity index (χ1n) is 24.5. The molecule has 12 heteroatoms. The minimum Gasteiger partial charge on any atom is -0.507 e. The zero-order valence-corrected chi connectivity index (χ0v) is 41.5. The Kier molecular flexibility index (Phi) is 10.7. The predicted octanol–water partition coefficient (Wildman–Crippen LogP) is 14.6. The van der Waals surface area contributed by atoms with E-state index >= 15 is 0 Å². The van der Waals surface area contributed by atoms with Crippen molar-refractivity contribution in [2.75, 3.05) is 28.4 Å². The largest absolute Gasteiger partial charge is 0.507 e. The summed E-state index contributed by atoms with van der Waals surface area (Å²) in [7, 11) is 6.39. The maximum atomic E-state index is 12.4. The van der Waals surface area contributed by atoms with E-state index in [4.69, 9.17) is 28.9 Å². The van der Waals surface area contributed by atoms with Gasteiger partial charge in [0.25, 0.3) is 0 Å². The molecule has 13 rings (SSSR count). The number of aromatic nitrogens is 4. The van der Waals surface area contributed by atoms with Crippen LogP contribution in [0.4, 0.5) is 0 Å². The number of aromatic hydroxyl groups is 4. The smallest absolute Gasteiger partial charge is 0.126 e. The van der Waals surface area contributed by atoms with Crippen molar-refractivity contribution in [1.29, 1.82) is 0 Å². The number of nitrogens with one attached hydrogen (secondary N) is 1. The molecule has 0 radical (unpaired) electrons. The van der Waals surface area contributed by atoms with Gasteiger partial charge in [-0.3, -0.25) is 0 Å². The van der Waals surface area contributed by atoms with Crippen molar-refractivity contribution < 1.29 is 39.4 Å². The standard InChI is InChI=1S/C64H46N4O8/c1-73-53-27-22-43(57-39(53)9-5-13-49(57)69)60-46-25-21-37(67-46)32-36-18-17-34(65-36)31-35-19-20-38(66-35)33-48-62(44-23-28-54(74-2)40-10-6-14-50(70)58(40)44)63(45-24-29-55(75-3)41-11-7-15-51(71)59(41)45)64(60)68(48)47-26-30-56(76-4)42-12-8-16-52(72)61(42)47/h5-33,65,69-72H,1-4H3. The van der Waals surface area contributed by atoms with Gasteiger partial charge in [0.1, 0.15) is 46.0 Å². The highest BCUT2D eigenvalue weighted by molar-refractivity contribution is 6.22. The van der Waals surface area contributed by atoms with Crippen LogP contribution in [0.3, 0.4) is 0 Å². The number of hydrogen-bond donors (Lipinski definition) is 5. The first kappa shape index (κ1) is 45.6. The Morgan fingerprint density at radius 1 is 0.395 bits per heavy atom. The van der Waals surface area contributed by atoms with Gasteiger partial charge in [0.2, 0.25) is 0 Å². The maximum Gasteiger partial charge on any atom is 0.126 e. The fourth-order valence-corrected chi connectivity index (χ4v) is 11.3. The quantitative estimate of drug-likeness (QED) is 0.0990. The normalized spacial score (nSPS) is 12.1. The van der Waals surface area contributed by atoms with Gasteiger partial charge in [-0.2, -0.15) is 0 Å². The lowest BCUT2D eigenvalue weighted by Crippen LogP contribution is -2.00. The predicted molar refractivity (Wildman–Crippen MR) is 303 cm³/mol. The van der Waals surface area contributed by atoms with Gasteiger partial charge in [0.15, 0.2) is 0 Å². The molecular formula is C64H46N4O8. The molecule has 0 amide bonds. The molecule has 8 bridgehead atoms. The summed E-state index contributed by atoms with van der Waals surface area (Å²) in [6.07, 6.45) is 7.82. The van der Waals surface area contributed by atoms with Gasteiger partial charge in [-0.1, -0.05) is 48.5 Å². The second-order valence-corrected chi connectivity index (χ2v) is 18.6. The van der Waals surface area contributed by atoms with Crippen molar-refractivity contribution in [2.24, 2.45) is 0 Å². The van der Waals surface area contributed by atoms with E-state index in [1.807, 2.05) is 127 Å². The fourth-order valence-electron chi connectivity index (χ4n) is 11.3. The van der Waals surface area contributed by atoms with Gasteiger partial charge >= 0.3 is 0 Å². The first-order valence-corrected chi connectivity index (χ1v) is 24.5. The highest BCUT2D eigenvalue weighted by Gasteiger charge is 2.31. The molecule has 5 heterocycles. The lowest BCUT2D eigenvalue weighted by Gasteiger charge is -2.19. The summed E-state index contributed by atoms with van der Waals surface area (Å²) in [5, 5.41) is 53.9. The number of benzene rings is 8. The van der Waals surface area contributed by atoms with Gasteiger partial charge in [-0.15, -0.1) is 0 Å². The Bertz CT molecular complexity index is 4530. The lowest BCUT2D eigenvalue weighted by molar-refractivity contribution is 0.419. The molecule has 11 aromatic rings. The Hall–Kier alpha value is -10.2. The molecule has 0 spiro atoms.